The first kappa shape index (κ1) is 19.1. The van der Waals surface area contributed by atoms with E-state index in [1.807, 2.05) is 19.1 Å². The largest absolute Gasteiger partial charge is 0.497 e. The first-order valence-corrected chi connectivity index (χ1v) is 8.83. The molecule has 1 saturated heterocycles. The van der Waals surface area contributed by atoms with Crippen LogP contribution in [0.5, 0.6) is 5.75 Å². The second-order valence-corrected chi connectivity index (χ2v) is 6.30. The number of anilines is 1. The van der Waals surface area contributed by atoms with Crippen LogP contribution in [0.2, 0.25) is 0 Å². The van der Waals surface area contributed by atoms with E-state index in [0.29, 0.717) is 13.1 Å². The first-order chi connectivity index (χ1) is 12.0. The van der Waals surface area contributed by atoms with Crippen LogP contribution in [0.4, 0.5) is 5.69 Å². The lowest BCUT2D eigenvalue weighted by Crippen LogP contribution is -3.16. The Bertz CT molecular complexity index is 568. The summed E-state index contributed by atoms with van der Waals surface area (Å²) in [5, 5.41) is 5.48. The lowest BCUT2D eigenvalue weighted by atomic mass is 10.2. The van der Waals surface area contributed by atoms with Crippen LogP contribution in [0.1, 0.15) is 13.8 Å². The number of methoxy groups -OCH3 is 1. The Morgan fingerprint density at radius 1 is 1.24 bits per heavy atom. The molecular formula is C18H29N4O3+. The number of nitrogens with zero attached hydrogens (tertiary/aromatic N) is 1. The molecule has 0 aromatic heterocycles. The Morgan fingerprint density at radius 3 is 2.44 bits per heavy atom. The number of nitrogens with one attached hydrogen (secondary N) is 3. The van der Waals surface area contributed by atoms with Crippen molar-refractivity contribution in [2.75, 3.05) is 51.3 Å². The zero-order valence-corrected chi connectivity index (χ0v) is 15.3. The minimum absolute atomic E-state index is 0.0772. The number of benzene rings is 1. The van der Waals surface area contributed by atoms with Gasteiger partial charge in [0, 0.05) is 12.2 Å². The Morgan fingerprint density at radius 2 is 1.88 bits per heavy atom. The van der Waals surface area contributed by atoms with Crippen molar-refractivity contribution in [2.24, 2.45) is 0 Å². The van der Waals surface area contributed by atoms with Crippen LogP contribution in [0.15, 0.2) is 24.3 Å². The van der Waals surface area contributed by atoms with Gasteiger partial charge in [0.05, 0.1) is 33.3 Å². The first-order valence-electron chi connectivity index (χ1n) is 8.83. The van der Waals surface area contributed by atoms with E-state index < -0.39 is 6.04 Å². The number of carbonyl (C=O) groups excluding carboxylic acids is 2. The van der Waals surface area contributed by atoms with Gasteiger partial charge in [-0.3, -0.25) is 9.59 Å². The van der Waals surface area contributed by atoms with E-state index in [1.54, 1.807) is 14.0 Å². The highest BCUT2D eigenvalue weighted by atomic mass is 16.5. The Kier molecular flexibility index (Phi) is 7.06. The number of amides is 2. The van der Waals surface area contributed by atoms with Crippen LogP contribution in [-0.4, -0.2) is 64.2 Å². The number of hydrogen-bond acceptors (Lipinski definition) is 4. The molecule has 1 fully saturated rings. The third-order valence-corrected chi connectivity index (χ3v) is 4.44. The van der Waals surface area contributed by atoms with E-state index in [4.69, 9.17) is 4.74 Å². The van der Waals surface area contributed by atoms with Gasteiger partial charge in [-0.2, -0.15) is 0 Å². The molecule has 1 aliphatic rings. The van der Waals surface area contributed by atoms with E-state index in [2.05, 4.69) is 27.7 Å². The highest BCUT2D eigenvalue weighted by Gasteiger charge is 2.24. The fraction of sp³-hybridized carbons (Fsp3) is 0.556. The predicted octanol–water partition coefficient (Wildman–Crippen LogP) is -0.959. The molecule has 0 aliphatic carbocycles. The fourth-order valence-corrected chi connectivity index (χ4v) is 2.96. The van der Waals surface area contributed by atoms with Gasteiger partial charge >= 0.3 is 0 Å². The molecule has 0 unspecified atom stereocenters. The molecule has 0 radical (unpaired) electrons. The van der Waals surface area contributed by atoms with Crippen molar-refractivity contribution >= 4 is 17.5 Å². The lowest BCUT2D eigenvalue weighted by Gasteiger charge is -2.33. The number of likely N-dealkylation sites (N-methyl/N-ethyl adjacent to an activating group) is 1. The van der Waals surface area contributed by atoms with Crippen molar-refractivity contribution in [3.63, 3.8) is 0 Å². The second kappa shape index (κ2) is 9.27. The van der Waals surface area contributed by atoms with Crippen molar-refractivity contribution in [3.8, 4) is 5.75 Å². The van der Waals surface area contributed by atoms with Crippen LogP contribution in [0.3, 0.4) is 0 Å². The van der Waals surface area contributed by atoms with Gasteiger partial charge in [0.2, 0.25) is 5.91 Å². The summed E-state index contributed by atoms with van der Waals surface area (Å²) in [5.41, 5.74) is 1.18. The van der Waals surface area contributed by atoms with Gasteiger partial charge in [0.25, 0.3) is 5.91 Å². The van der Waals surface area contributed by atoms with Crippen LogP contribution in [0, 0.1) is 0 Å². The summed E-state index contributed by atoms with van der Waals surface area (Å²) >= 11 is 0. The van der Waals surface area contributed by atoms with Crippen molar-refractivity contribution in [2.45, 2.75) is 19.9 Å². The second-order valence-electron chi connectivity index (χ2n) is 6.30. The van der Waals surface area contributed by atoms with Gasteiger partial charge in [-0.1, -0.05) is 0 Å². The molecule has 7 heteroatoms. The predicted molar refractivity (Wildman–Crippen MR) is 97.1 cm³/mol. The smallest absolute Gasteiger partial charge is 0.275 e. The van der Waals surface area contributed by atoms with Crippen LogP contribution in [-0.2, 0) is 9.59 Å². The van der Waals surface area contributed by atoms with Crippen LogP contribution >= 0.6 is 0 Å². The molecule has 1 aromatic rings. The van der Waals surface area contributed by atoms with Crippen molar-refractivity contribution in [1.82, 2.24) is 10.6 Å². The number of ether oxygens (including phenoxy) is 1. The Balaban J connectivity index is 1.76. The molecule has 0 saturated carbocycles. The summed E-state index contributed by atoms with van der Waals surface area (Å²) in [7, 11) is 1.66. The van der Waals surface area contributed by atoms with Crippen molar-refractivity contribution < 1.29 is 19.2 Å². The molecule has 138 valence electrons. The summed E-state index contributed by atoms with van der Waals surface area (Å²) in [4.78, 5) is 27.3. The molecule has 2 amide bonds. The summed E-state index contributed by atoms with van der Waals surface area (Å²) < 4.78 is 5.19. The molecule has 1 heterocycles. The summed E-state index contributed by atoms with van der Waals surface area (Å²) in [6.45, 7) is 8.14. The minimum Gasteiger partial charge on any atom is -0.497 e. The van der Waals surface area contributed by atoms with E-state index >= 15 is 0 Å². The van der Waals surface area contributed by atoms with E-state index in [9.17, 15) is 9.59 Å². The molecule has 1 aromatic carbocycles. The summed E-state index contributed by atoms with van der Waals surface area (Å²) in [6, 6.07) is 7.55. The van der Waals surface area contributed by atoms with Crippen molar-refractivity contribution in [3.05, 3.63) is 24.3 Å². The Labute approximate surface area is 149 Å². The number of quaternary nitrogens is 1. The normalized spacial score (nSPS) is 16.2. The molecule has 2 rings (SSSR count). The van der Waals surface area contributed by atoms with Gasteiger partial charge in [0.1, 0.15) is 11.8 Å². The van der Waals surface area contributed by atoms with Crippen LogP contribution in [0.25, 0.3) is 0 Å². The molecule has 0 spiro atoms. The van der Waals surface area contributed by atoms with Crippen LogP contribution < -0.4 is 25.2 Å². The van der Waals surface area contributed by atoms with E-state index in [0.717, 1.165) is 31.9 Å². The maximum Gasteiger partial charge on any atom is 0.275 e. The molecular weight excluding hydrogens is 320 g/mol. The van der Waals surface area contributed by atoms with Crippen molar-refractivity contribution in [1.29, 1.82) is 0 Å². The highest BCUT2D eigenvalue weighted by molar-refractivity contribution is 5.87. The average Bonchev–Trinajstić information content (AvgIpc) is 2.62. The summed E-state index contributed by atoms with van der Waals surface area (Å²) in [5.74, 6) is 0.632. The number of carbonyl (C=O) groups is 2. The Hall–Kier alpha value is -2.28. The molecule has 25 heavy (non-hydrogen) atoms. The average molecular weight is 349 g/mol. The molecule has 1 atom stereocenters. The lowest BCUT2D eigenvalue weighted by molar-refractivity contribution is -0.892. The SMILES string of the molecule is CCNC(=O)[C@@H](C)NC(=O)C[NH+]1CCN(c2ccc(OC)cc2)CC1. The zero-order valence-electron chi connectivity index (χ0n) is 15.3. The molecule has 7 nitrogen and oxygen atoms in total. The monoisotopic (exact) mass is 349 g/mol. The van der Waals surface area contributed by atoms with E-state index in [1.165, 1.54) is 10.6 Å². The highest BCUT2D eigenvalue weighted by Crippen LogP contribution is 2.18. The number of rotatable bonds is 7. The van der Waals surface area contributed by atoms with Gasteiger partial charge in [0.15, 0.2) is 6.54 Å². The fourth-order valence-electron chi connectivity index (χ4n) is 2.96. The maximum atomic E-state index is 12.1. The molecule has 1 aliphatic heterocycles. The number of hydrogen-bond donors (Lipinski definition) is 3. The van der Waals surface area contributed by atoms with Gasteiger partial charge in [-0.15, -0.1) is 0 Å². The molecule has 0 bridgehead atoms. The topological polar surface area (TPSA) is 75.1 Å². The third-order valence-electron chi connectivity index (χ3n) is 4.44. The maximum absolute atomic E-state index is 12.1. The quantitative estimate of drug-likeness (QED) is 0.593. The molecule has 3 N–H and O–H groups in total. The van der Waals surface area contributed by atoms with Gasteiger partial charge in [-0.25, -0.2) is 0 Å². The number of piperazine rings is 1. The van der Waals surface area contributed by atoms with Gasteiger partial charge < -0.3 is 25.2 Å². The third kappa shape index (κ3) is 5.63. The zero-order chi connectivity index (χ0) is 18.2. The standard InChI is InChI=1S/C18H28N4O3/c1-4-19-18(24)14(2)20-17(23)13-21-9-11-22(12-10-21)15-5-7-16(25-3)8-6-15/h5-8,14H,4,9-13H2,1-3H3,(H,19,24)(H,20,23)/p+1/t14-/m1/s1. The minimum atomic E-state index is -0.493. The summed E-state index contributed by atoms with van der Waals surface area (Å²) in [6.07, 6.45) is 0. The van der Waals surface area contributed by atoms with Gasteiger partial charge in [-0.05, 0) is 38.1 Å². The van der Waals surface area contributed by atoms with E-state index in [-0.39, 0.29) is 11.8 Å².